The van der Waals surface area contributed by atoms with Crippen LogP contribution in [0, 0.1) is 0 Å². The molecule has 0 aromatic carbocycles. The summed E-state index contributed by atoms with van der Waals surface area (Å²) in [5.41, 5.74) is 0. The van der Waals surface area contributed by atoms with Gasteiger partial charge in [-0.25, -0.2) is 0 Å². The lowest BCUT2D eigenvalue weighted by molar-refractivity contribution is -0.892. The fraction of sp³-hybridized carbons (Fsp3) is 0.935. The van der Waals surface area contributed by atoms with Crippen molar-refractivity contribution in [2.45, 2.75) is 159 Å². The number of nitrogens with one attached hydrogen (secondary N) is 2. The monoisotopic (exact) mass is 603 g/mol. The van der Waals surface area contributed by atoms with Crippen molar-refractivity contribution in [3.05, 3.63) is 0 Å². The second-order valence-corrected chi connectivity index (χ2v) is 12.9. The molecule has 0 saturated carbocycles. The van der Waals surface area contributed by atoms with Crippen LogP contribution in [0.15, 0.2) is 0 Å². The Kier molecular flexibility index (Phi) is 19.7. The first kappa shape index (κ1) is 38.7. The van der Waals surface area contributed by atoms with Crippen molar-refractivity contribution in [3.63, 3.8) is 0 Å². The number of quaternary nitrogens is 1. The third-order valence-electron chi connectivity index (χ3n) is 8.16. The van der Waals surface area contributed by atoms with Crippen molar-refractivity contribution in [3.8, 4) is 0 Å². The van der Waals surface area contributed by atoms with Gasteiger partial charge >= 0.3 is 0 Å². The summed E-state index contributed by atoms with van der Waals surface area (Å²) >= 11 is 0. The van der Waals surface area contributed by atoms with Crippen LogP contribution in [0.3, 0.4) is 0 Å². The van der Waals surface area contributed by atoms with Gasteiger partial charge in [0.15, 0.2) is 18.6 Å². The van der Waals surface area contributed by atoms with Gasteiger partial charge in [-0.1, -0.05) is 96.8 Å². The van der Waals surface area contributed by atoms with E-state index in [2.05, 4.69) is 17.6 Å². The van der Waals surface area contributed by atoms with E-state index in [1.807, 2.05) is 21.1 Å². The van der Waals surface area contributed by atoms with E-state index >= 15 is 0 Å². The minimum absolute atomic E-state index is 0.0741. The molecule has 1 rings (SSSR count). The Hall–Kier alpha value is -1.34. The molecule has 0 radical (unpaired) electrons. The lowest BCUT2D eigenvalue weighted by Crippen LogP contribution is -2.62. The van der Waals surface area contributed by atoms with Crippen LogP contribution >= 0.6 is 0 Å². The van der Waals surface area contributed by atoms with Crippen LogP contribution in [0.4, 0.5) is 0 Å². The number of aliphatic hydroxyl groups excluding tert-OH is 4. The van der Waals surface area contributed by atoms with Gasteiger partial charge in [0.2, 0.25) is 0 Å². The summed E-state index contributed by atoms with van der Waals surface area (Å²) in [4.78, 5) is 24.1. The summed E-state index contributed by atoms with van der Waals surface area (Å²) in [6.07, 6.45) is 9.57. The van der Waals surface area contributed by atoms with E-state index in [4.69, 9.17) is 4.74 Å². The molecule has 1 aliphatic rings. The average Bonchev–Trinajstić information content (AvgIpc) is 2.92. The number of aliphatic hydroxyl groups is 4. The molecule has 1 amide bonds. The number of hydrogen-bond acceptors (Lipinski definition) is 9. The van der Waals surface area contributed by atoms with Gasteiger partial charge in [-0.2, -0.15) is 0 Å². The predicted molar refractivity (Wildman–Crippen MR) is 160 cm³/mol. The smallest absolute Gasteiger partial charge is 0.252 e. The normalized spacial score (nSPS) is 24.3. The number of aliphatic carboxylic acids is 1. The topological polar surface area (TPSA) is 171 Å². The van der Waals surface area contributed by atoms with Crippen LogP contribution < -0.4 is 15.7 Å². The van der Waals surface area contributed by atoms with E-state index in [1.165, 1.54) is 32.1 Å². The molecule has 1 fully saturated rings. The third-order valence-corrected chi connectivity index (χ3v) is 8.16. The number of nitrogens with zero attached hydrogens (tertiary/aromatic N) is 1. The van der Waals surface area contributed by atoms with Gasteiger partial charge < -0.3 is 44.9 Å². The Morgan fingerprint density at radius 3 is 1.69 bits per heavy atom. The Morgan fingerprint density at radius 2 is 1.21 bits per heavy atom. The molecule has 0 bridgehead atoms. The van der Waals surface area contributed by atoms with Crippen LogP contribution in [0.2, 0.25) is 0 Å². The molecule has 7 atom stereocenters. The van der Waals surface area contributed by atoms with Crippen LogP contribution in [0.5, 0.6) is 0 Å². The van der Waals surface area contributed by atoms with Crippen molar-refractivity contribution < 1.29 is 44.3 Å². The number of carboxylic acid groups (broad SMARTS) is 1. The first-order chi connectivity index (χ1) is 19.9. The van der Waals surface area contributed by atoms with Crippen LogP contribution in [-0.4, -0.2) is 107 Å². The Bertz CT molecular complexity index is 735. The number of rotatable bonds is 24. The number of unbranched alkanes of at least 4 members (excludes halogenated alkanes) is 13. The van der Waals surface area contributed by atoms with Gasteiger partial charge in [0.05, 0.1) is 21.1 Å². The molecule has 42 heavy (non-hydrogen) atoms. The molecular weight excluding hydrogens is 542 g/mol. The first-order valence-electron chi connectivity index (χ1n) is 16.3. The molecule has 11 heteroatoms. The van der Waals surface area contributed by atoms with E-state index in [-0.39, 0.29) is 10.5 Å². The summed E-state index contributed by atoms with van der Waals surface area (Å²) in [7, 11) is 5.52. The van der Waals surface area contributed by atoms with Gasteiger partial charge in [0.1, 0.15) is 24.3 Å². The van der Waals surface area contributed by atoms with E-state index in [0.717, 1.165) is 77.0 Å². The Labute approximate surface area is 253 Å². The molecule has 0 spiro atoms. The van der Waals surface area contributed by atoms with Gasteiger partial charge in [0, 0.05) is 12.6 Å². The zero-order valence-electron chi connectivity index (χ0n) is 26.6. The van der Waals surface area contributed by atoms with Crippen LogP contribution in [0.1, 0.15) is 116 Å². The number of carbonyl (C=O) groups excluding carboxylic acids is 2. The molecule has 248 valence electrons. The maximum Gasteiger partial charge on any atom is 0.252 e. The molecule has 1 heterocycles. The zero-order chi connectivity index (χ0) is 31.5. The lowest BCUT2D eigenvalue weighted by Gasteiger charge is -2.38. The summed E-state index contributed by atoms with van der Waals surface area (Å²) in [5, 5.41) is 56.9. The summed E-state index contributed by atoms with van der Waals surface area (Å²) in [6.45, 7) is 2.85. The highest BCUT2D eigenvalue weighted by atomic mass is 16.6. The largest absolute Gasteiger partial charge is 0.543 e. The maximum atomic E-state index is 12.8. The van der Waals surface area contributed by atoms with E-state index in [0.29, 0.717) is 6.54 Å². The average molecular weight is 604 g/mol. The standard InChI is InChI=1S/C31H61N3O8/c1-5-6-7-14-17-20-23(33-29(38)27-25(36)24(35)26(37)31(41)42-27)21-18-15-12-10-8-9-11-13-16-19-22-32-28(30(39)40)34(2,3)4/h23-28,31-32,35-37,41H,5-22H2,1-4H3,(H-,33,38,39,40)/t23?,24-,25-,26-,27-,28?,31-/m0/s1. The van der Waals surface area contributed by atoms with Crippen molar-refractivity contribution in [2.75, 3.05) is 27.7 Å². The fourth-order valence-corrected chi connectivity index (χ4v) is 5.49. The van der Waals surface area contributed by atoms with Gasteiger partial charge in [-0.05, 0) is 19.3 Å². The van der Waals surface area contributed by atoms with Gasteiger partial charge in [-0.3, -0.25) is 10.1 Å². The number of carboxylic acids is 1. The van der Waals surface area contributed by atoms with E-state index in [1.54, 1.807) is 0 Å². The number of carbonyl (C=O) groups is 2. The molecule has 11 nitrogen and oxygen atoms in total. The Balaban J connectivity index is 2.26. The lowest BCUT2D eigenvalue weighted by atomic mass is 9.96. The molecular formula is C31H61N3O8. The number of ether oxygens (including phenoxy) is 1. The van der Waals surface area contributed by atoms with Gasteiger partial charge in [-0.15, -0.1) is 0 Å². The second kappa shape index (κ2) is 21.4. The van der Waals surface area contributed by atoms with Crippen molar-refractivity contribution in [1.82, 2.24) is 10.6 Å². The van der Waals surface area contributed by atoms with Crippen molar-refractivity contribution in [2.24, 2.45) is 0 Å². The molecule has 0 aliphatic carbocycles. The molecule has 6 N–H and O–H groups in total. The van der Waals surface area contributed by atoms with Crippen LogP contribution in [0.25, 0.3) is 0 Å². The minimum atomic E-state index is -1.73. The quantitative estimate of drug-likeness (QED) is 0.0540. The maximum absolute atomic E-state index is 12.8. The van der Waals surface area contributed by atoms with Crippen molar-refractivity contribution >= 4 is 11.9 Å². The predicted octanol–water partition coefficient (Wildman–Crippen LogP) is 1.29. The first-order valence-corrected chi connectivity index (χ1v) is 16.3. The number of likely N-dealkylation sites (N-methyl/N-ethyl adjacent to an activating group) is 1. The highest BCUT2D eigenvalue weighted by Gasteiger charge is 2.46. The summed E-state index contributed by atoms with van der Waals surface area (Å²) in [6, 6.07) is -0.0741. The molecule has 1 saturated heterocycles. The van der Waals surface area contributed by atoms with Gasteiger partial charge in [0.25, 0.3) is 5.91 Å². The fourth-order valence-electron chi connectivity index (χ4n) is 5.49. The van der Waals surface area contributed by atoms with E-state index in [9.17, 15) is 35.1 Å². The minimum Gasteiger partial charge on any atom is -0.543 e. The highest BCUT2D eigenvalue weighted by molar-refractivity contribution is 5.82. The molecule has 2 unspecified atom stereocenters. The van der Waals surface area contributed by atoms with E-state index < -0.39 is 48.7 Å². The SMILES string of the molecule is CCCCCCCC(CCCCCCCCCCCCNC(C(=O)[O-])[N+](C)(C)C)NC(=O)[C@H]1O[C@H](O)[C@@H](O)[C@@H](O)[C@@H]1O. The molecule has 0 aromatic heterocycles. The summed E-state index contributed by atoms with van der Waals surface area (Å²) in [5.74, 6) is -1.64. The van der Waals surface area contributed by atoms with Crippen LogP contribution in [-0.2, 0) is 14.3 Å². The Morgan fingerprint density at radius 1 is 0.738 bits per heavy atom. The third kappa shape index (κ3) is 15.4. The van der Waals surface area contributed by atoms with Crippen molar-refractivity contribution in [1.29, 1.82) is 0 Å². The highest BCUT2D eigenvalue weighted by Crippen LogP contribution is 2.21. The number of amides is 1. The number of hydrogen-bond donors (Lipinski definition) is 6. The zero-order valence-corrected chi connectivity index (χ0v) is 26.6. The molecule has 0 aromatic rings. The second-order valence-electron chi connectivity index (χ2n) is 12.9. The molecule has 1 aliphatic heterocycles. The summed E-state index contributed by atoms with van der Waals surface area (Å²) < 4.78 is 5.39.